The van der Waals surface area contributed by atoms with E-state index in [9.17, 15) is 14.4 Å². The van der Waals surface area contributed by atoms with Crippen molar-refractivity contribution in [3.63, 3.8) is 0 Å². The molecular formula is C15H22N2O5. The zero-order valence-corrected chi connectivity index (χ0v) is 13.5. The van der Waals surface area contributed by atoms with Gasteiger partial charge in [0.2, 0.25) is 0 Å². The van der Waals surface area contributed by atoms with E-state index < -0.39 is 17.4 Å². The first-order chi connectivity index (χ1) is 10.1. The Balaban J connectivity index is 3.08. The number of aryl methyl sites for hydroxylation is 1. The summed E-state index contributed by atoms with van der Waals surface area (Å²) in [6.45, 7) is 6.49. The first kappa shape index (κ1) is 17.9. The molecule has 0 bridgehead atoms. The van der Waals surface area contributed by atoms with E-state index in [0.29, 0.717) is 16.8 Å². The number of ketones is 1. The number of nitrogens with one attached hydrogen (secondary N) is 2. The first-order valence-corrected chi connectivity index (χ1v) is 6.84. The van der Waals surface area contributed by atoms with Gasteiger partial charge in [0.15, 0.2) is 5.78 Å². The average Bonchev–Trinajstić information content (AvgIpc) is 2.63. The first-order valence-electron chi connectivity index (χ1n) is 6.84. The van der Waals surface area contributed by atoms with E-state index in [2.05, 4.69) is 10.3 Å². The highest BCUT2D eigenvalue weighted by Crippen LogP contribution is 2.20. The molecule has 22 heavy (non-hydrogen) atoms. The van der Waals surface area contributed by atoms with Crippen LogP contribution in [0.5, 0.6) is 0 Å². The van der Waals surface area contributed by atoms with E-state index >= 15 is 0 Å². The molecule has 1 atom stereocenters. The number of carbonyl (C=O) groups excluding carboxylic acids is 2. The molecule has 0 aliphatic rings. The Bertz CT molecular complexity index is 605. The van der Waals surface area contributed by atoms with Crippen LogP contribution >= 0.6 is 0 Å². The van der Waals surface area contributed by atoms with Crippen LogP contribution < -0.4 is 5.32 Å². The second kappa shape index (κ2) is 6.74. The lowest BCUT2D eigenvalue weighted by Crippen LogP contribution is -2.51. The Morgan fingerprint density at radius 1 is 1.32 bits per heavy atom. The number of aromatic amines is 1. The topological polar surface area (TPSA) is 108 Å². The van der Waals surface area contributed by atoms with E-state index in [-0.39, 0.29) is 24.5 Å². The van der Waals surface area contributed by atoms with Crippen molar-refractivity contribution in [3.8, 4) is 0 Å². The number of aliphatic carboxylic acids is 1. The summed E-state index contributed by atoms with van der Waals surface area (Å²) in [7, 11) is 1.43. The number of rotatable bonds is 7. The molecule has 0 radical (unpaired) electrons. The lowest BCUT2D eigenvalue weighted by molar-refractivity contribution is -0.139. The minimum atomic E-state index is -1.04. The summed E-state index contributed by atoms with van der Waals surface area (Å²) < 4.78 is 5.00. The SMILES string of the molecule is COCC(C)(CC(=O)O)NC(=O)c1[nH]c(C)c(C(C)=O)c1C. The zero-order chi connectivity index (χ0) is 17.1. The van der Waals surface area contributed by atoms with Crippen LogP contribution in [0.25, 0.3) is 0 Å². The van der Waals surface area contributed by atoms with Crippen molar-refractivity contribution in [1.29, 1.82) is 0 Å². The maximum atomic E-state index is 12.4. The number of Topliss-reactive ketones (excluding diaryl/α,β-unsaturated/α-hetero) is 1. The van der Waals surface area contributed by atoms with Gasteiger partial charge in [0.05, 0.1) is 18.6 Å². The third kappa shape index (κ3) is 3.94. The molecule has 0 aliphatic carbocycles. The van der Waals surface area contributed by atoms with Crippen LogP contribution in [0.1, 0.15) is 52.4 Å². The maximum absolute atomic E-state index is 12.4. The van der Waals surface area contributed by atoms with Crippen LogP contribution in [0.2, 0.25) is 0 Å². The van der Waals surface area contributed by atoms with Gasteiger partial charge in [-0.25, -0.2) is 0 Å². The van der Waals surface area contributed by atoms with Gasteiger partial charge in [-0.1, -0.05) is 0 Å². The smallest absolute Gasteiger partial charge is 0.305 e. The molecule has 122 valence electrons. The van der Waals surface area contributed by atoms with Gasteiger partial charge in [0.25, 0.3) is 5.91 Å². The van der Waals surface area contributed by atoms with E-state index in [4.69, 9.17) is 9.84 Å². The van der Waals surface area contributed by atoms with Crippen molar-refractivity contribution in [2.24, 2.45) is 0 Å². The van der Waals surface area contributed by atoms with E-state index in [1.54, 1.807) is 20.8 Å². The molecule has 3 N–H and O–H groups in total. The highest BCUT2D eigenvalue weighted by atomic mass is 16.5. The molecule has 1 aromatic rings. The summed E-state index contributed by atoms with van der Waals surface area (Å²) in [4.78, 5) is 37.9. The molecule has 1 aromatic heterocycles. The Morgan fingerprint density at radius 3 is 2.32 bits per heavy atom. The van der Waals surface area contributed by atoms with Crippen molar-refractivity contribution in [2.45, 2.75) is 39.7 Å². The number of H-pyrrole nitrogens is 1. The van der Waals surface area contributed by atoms with Gasteiger partial charge in [-0.3, -0.25) is 14.4 Å². The molecule has 0 fully saturated rings. The predicted octanol–water partition coefficient (Wildman–Crippen LogP) is 1.44. The summed E-state index contributed by atoms with van der Waals surface area (Å²) in [6.07, 6.45) is -0.273. The number of methoxy groups -OCH3 is 1. The van der Waals surface area contributed by atoms with Gasteiger partial charge in [0.1, 0.15) is 5.69 Å². The van der Waals surface area contributed by atoms with Crippen LogP contribution in [0.3, 0.4) is 0 Å². The molecule has 1 heterocycles. The molecule has 0 aliphatic heterocycles. The fourth-order valence-electron chi connectivity index (χ4n) is 2.63. The summed E-state index contributed by atoms with van der Waals surface area (Å²) in [6, 6.07) is 0. The second-order valence-corrected chi connectivity index (χ2v) is 5.70. The third-order valence-electron chi connectivity index (χ3n) is 3.44. The Hall–Kier alpha value is -2.15. The normalized spacial score (nSPS) is 13.5. The number of aromatic nitrogens is 1. The number of hydrogen-bond acceptors (Lipinski definition) is 4. The number of amides is 1. The largest absolute Gasteiger partial charge is 0.481 e. The van der Waals surface area contributed by atoms with E-state index in [1.807, 2.05) is 0 Å². The van der Waals surface area contributed by atoms with E-state index in [0.717, 1.165) is 0 Å². The molecule has 0 saturated carbocycles. The lowest BCUT2D eigenvalue weighted by Gasteiger charge is -2.28. The molecule has 7 nitrogen and oxygen atoms in total. The number of ether oxygens (including phenoxy) is 1. The average molecular weight is 310 g/mol. The van der Waals surface area contributed by atoms with Crippen LogP contribution in [0.4, 0.5) is 0 Å². The molecule has 0 spiro atoms. The monoisotopic (exact) mass is 310 g/mol. The molecule has 0 aromatic carbocycles. The molecule has 1 rings (SSSR count). The van der Waals surface area contributed by atoms with Crippen molar-refractivity contribution >= 4 is 17.7 Å². The summed E-state index contributed by atoms with van der Waals surface area (Å²) in [5.41, 5.74) is 0.867. The van der Waals surface area contributed by atoms with Crippen LogP contribution in [-0.4, -0.2) is 47.0 Å². The second-order valence-electron chi connectivity index (χ2n) is 5.70. The van der Waals surface area contributed by atoms with Gasteiger partial charge < -0.3 is 20.1 Å². The van der Waals surface area contributed by atoms with Crippen molar-refractivity contribution < 1.29 is 24.2 Å². The molecular weight excluding hydrogens is 288 g/mol. The van der Waals surface area contributed by atoms with Crippen LogP contribution in [0.15, 0.2) is 0 Å². The highest BCUT2D eigenvalue weighted by Gasteiger charge is 2.31. The van der Waals surface area contributed by atoms with Gasteiger partial charge in [-0.05, 0) is 33.3 Å². The van der Waals surface area contributed by atoms with Gasteiger partial charge in [-0.15, -0.1) is 0 Å². The number of hydrogen-bond donors (Lipinski definition) is 3. The van der Waals surface area contributed by atoms with Crippen molar-refractivity contribution in [1.82, 2.24) is 10.3 Å². The van der Waals surface area contributed by atoms with Crippen molar-refractivity contribution in [2.75, 3.05) is 13.7 Å². The van der Waals surface area contributed by atoms with Crippen LogP contribution in [0, 0.1) is 13.8 Å². The van der Waals surface area contributed by atoms with Gasteiger partial charge in [0, 0.05) is 18.4 Å². The van der Waals surface area contributed by atoms with Crippen LogP contribution in [-0.2, 0) is 9.53 Å². The number of carbonyl (C=O) groups is 3. The number of carboxylic acids is 1. The minimum absolute atomic E-state index is 0.0589. The maximum Gasteiger partial charge on any atom is 0.305 e. The summed E-state index contributed by atoms with van der Waals surface area (Å²) in [5.74, 6) is -1.63. The third-order valence-corrected chi connectivity index (χ3v) is 3.44. The fourth-order valence-corrected chi connectivity index (χ4v) is 2.63. The Kier molecular flexibility index (Phi) is 5.48. The molecule has 0 saturated heterocycles. The fraction of sp³-hybridized carbons (Fsp3) is 0.533. The van der Waals surface area contributed by atoms with Gasteiger partial charge in [-0.2, -0.15) is 0 Å². The number of carboxylic acid groups (broad SMARTS) is 1. The van der Waals surface area contributed by atoms with E-state index in [1.165, 1.54) is 14.0 Å². The van der Waals surface area contributed by atoms with Crippen molar-refractivity contribution in [3.05, 3.63) is 22.5 Å². The standard InChI is InChI=1S/C15H22N2O5/c1-8-12(10(3)18)9(2)16-13(8)14(21)17-15(4,7-22-5)6-11(19)20/h16H,6-7H2,1-5H3,(H,17,21)(H,19,20). The lowest BCUT2D eigenvalue weighted by atomic mass is 9.98. The summed E-state index contributed by atoms with van der Waals surface area (Å²) in [5, 5.41) is 11.7. The molecule has 1 amide bonds. The highest BCUT2D eigenvalue weighted by molar-refractivity contribution is 6.02. The Morgan fingerprint density at radius 2 is 1.91 bits per heavy atom. The Labute approximate surface area is 129 Å². The predicted molar refractivity (Wildman–Crippen MR) is 80.3 cm³/mol. The minimum Gasteiger partial charge on any atom is -0.481 e. The molecule has 7 heteroatoms. The van der Waals surface area contributed by atoms with Gasteiger partial charge >= 0.3 is 5.97 Å². The summed E-state index contributed by atoms with van der Waals surface area (Å²) >= 11 is 0. The molecule has 1 unspecified atom stereocenters. The zero-order valence-electron chi connectivity index (χ0n) is 13.5. The quantitative estimate of drug-likeness (QED) is 0.660.